The van der Waals surface area contributed by atoms with Gasteiger partial charge >= 0.3 is 0 Å². The Labute approximate surface area is 133 Å². The molecule has 21 heavy (non-hydrogen) atoms. The van der Waals surface area contributed by atoms with Gasteiger partial charge in [-0.05, 0) is 36.2 Å². The molecule has 0 bridgehead atoms. The largest absolute Gasteiger partial charge is 0.303 e. The fraction of sp³-hybridized carbons (Fsp3) is 0.467. The molecule has 1 aliphatic heterocycles. The minimum Gasteiger partial charge on any atom is -0.303 e. The van der Waals surface area contributed by atoms with Crippen LogP contribution >= 0.6 is 22.7 Å². The summed E-state index contributed by atoms with van der Waals surface area (Å²) < 4.78 is 23.6. The molecule has 2 aromatic rings. The van der Waals surface area contributed by atoms with Crippen molar-refractivity contribution in [2.45, 2.75) is 31.3 Å². The fourth-order valence-electron chi connectivity index (χ4n) is 2.89. The van der Waals surface area contributed by atoms with Crippen molar-refractivity contribution in [3.8, 4) is 0 Å². The lowest BCUT2D eigenvalue weighted by Crippen LogP contribution is -2.45. The summed E-state index contributed by atoms with van der Waals surface area (Å²) in [6.07, 6.45) is 1.61. The summed E-state index contributed by atoms with van der Waals surface area (Å²) in [5, 5.41) is 7.79. The Morgan fingerprint density at radius 1 is 1.29 bits per heavy atom. The predicted molar refractivity (Wildman–Crippen MR) is 89.9 cm³/mol. The quantitative estimate of drug-likeness (QED) is 0.908. The first-order valence-corrected chi connectivity index (χ1v) is 10.6. The van der Waals surface area contributed by atoms with Gasteiger partial charge < -0.3 is 5.32 Å². The molecule has 1 fully saturated rings. The number of rotatable bonds is 5. The minimum atomic E-state index is -2.89. The molecule has 0 aromatic carbocycles. The van der Waals surface area contributed by atoms with E-state index in [1.165, 1.54) is 9.75 Å². The molecule has 2 unspecified atom stereocenters. The van der Waals surface area contributed by atoms with E-state index >= 15 is 0 Å². The highest BCUT2D eigenvalue weighted by Gasteiger charge is 2.39. The van der Waals surface area contributed by atoms with E-state index in [9.17, 15) is 8.42 Å². The standard InChI is InChI=1S/C15H19NO2S3/c1-15(6-9-21(17,18)11-15)16-13(14-5-3-8-20-14)10-12-4-2-7-19-12/h2-5,7-8,13,16H,6,9-11H2,1H3. The molecule has 0 aliphatic carbocycles. The summed E-state index contributed by atoms with van der Waals surface area (Å²) in [6, 6.07) is 8.56. The van der Waals surface area contributed by atoms with Crippen LogP contribution < -0.4 is 5.32 Å². The molecule has 6 heteroatoms. The first kappa shape index (κ1) is 15.2. The van der Waals surface area contributed by atoms with Crippen molar-refractivity contribution in [1.82, 2.24) is 5.32 Å². The van der Waals surface area contributed by atoms with E-state index in [1.807, 2.05) is 6.92 Å². The number of hydrogen-bond acceptors (Lipinski definition) is 5. The van der Waals surface area contributed by atoms with Gasteiger partial charge in [0.25, 0.3) is 0 Å². The van der Waals surface area contributed by atoms with E-state index in [0.717, 1.165) is 6.42 Å². The van der Waals surface area contributed by atoms with Crippen LogP contribution in [0.4, 0.5) is 0 Å². The van der Waals surface area contributed by atoms with Crippen molar-refractivity contribution in [3.63, 3.8) is 0 Å². The summed E-state index contributed by atoms with van der Waals surface area (Å²) in [5.41, 5.74) is -0.315. The Bertz CT molecular complexity index is 677. The molecule has 0 spiro atoms. The lowest BCUT2D eigenvalue weighted by molar-refractivity contribution is 0.344. The second kappa shape index (κ2) is 5.83. The van der Waals surface area contributed by atoms with Crippen LogP contribution in [0.5, 0.6) is 0 Å². The summed E-state index contributed by atoms with van der Waals surface area (Å²) in [6.45, 7) is 2.03. The highest BCUT2D eigenvalue weighted by molar-refractivity contribution is 7.91. The van der Waals surface area contributed by atoms with Crippen molar-refractivity contribution in [2.24, 2.45) is 0 Å². The molecule has 114 valence electrons. The van der Waals surface area contributed by atoms with Gasteiger partial charge in [0.1, 0.15) is 0 Å². The van der Waals surface area contributed by atoms with Gasteiger partial charge in [-0.3, -0.25) is 0 Å². The van der Waals surface area contributed by atoms with E-state index < -0.39 is 9.84 Å². The molecule has 3 heterocycles. The molecule has 1 saturated heterocycles. The lowest BCUT2D eigenvalue weighted by atomic mass is 9.98. The Morgan fingerprint density at radius 2 is 2.05 bits per heavy atom. The Balaban J connectivity index is 1.80. The van der Waals surface area contributed by atoms with Crippen molar-refractivity contribution in [1.29, 1.82) is 0 Å². The molecule has 1 N–H and O–H groups in total. The maximum absolute atomic E-state index is 11.8. The van der Waals surface area contributed by atoms with Crippen LogP contribution in [0.15, 0.2) is 35.0 Å². The van der Waals surface area contributed by atoms with Crippen LogP contribution in [-0.4, -0.2) is 25.5 Å². The Hall–Kier alpha value is -0.690. The molecule has 3 rings (SSSR count). The zero-order chi connectivity index (χ0) is 14.9. The summed E-state index contributed by atoms with van der Waals surface area (Å²) >= 11 is 3.48. The van der Waals surface area contributed by atoms with Gasteiger partial charge in [-0.1, -0.05) is 12.1 Å². The fourth-order valence-corrected chi connectivity index (χ4v) is 6.52. The Morgan fingerprint density at radius 3 is 2.62 bits per heavy atom. The van der Waals surface area contributed by atoms with Gasteiger partial charge in [-0.2, -0.15) is 0 Å². The second-order valence-corrected chi connectivity index (χ2v) is 10.1. The van der Waals surface area contributed by atoms with Crippen LogP contribution in [0, 0.1) is 0 Å². The average Bonchev–Trinajstić information content (AvgIpc) is 3.11. The number of hydrogen-bond donors (Lipinski definition) is 1. The molecule has 2 atom stereocenters. The molecule has 0 saturated carbocycles. The smallest absolute Gasteiger partial charge is 0.152 e. The van der Waals surface area contributed by atoms with Crippen LogP contribution in [0.2, 0.25) is 0 Å². The van der Waals surface area contributed by atoms with Crippen LogP contribution in [0.1, 0.15) is 29.1 Å². The van der Waals surface area contributed by atoms with Crippen LogP contribution in [0.25, 0.3) is 0 Å². The molecule has 3 nitrogen and oxygen atoms in total. The average molecular weight is 342 g/mol. The maximum Gasteiger partial charge on any atom is 0.152 e. The first-order valence-electron chi connectivity index (χ1n) is 7.00. The molecular formula is C15H19NO2S3. The molecule has 0 amide bonds. The highest BCUT2D eigenvalue weighted by Crippen LogP contribution is 2.31. The third-order valence-electron chi connectivity index (χ3n) is 3.90. The van der Waals surface area contributed by atoms with E-state index in [2.05, 4.69) is 40.3 Å². The van der Waals surface area contributed by atoms with Gasteiger partial charge in [-0.15, -0.1) is 22.7 Å². The van der Waals surface area contributed by atoms with Gasteiger partial charge in [-0.25, -0.2) is 8.42 Å². The van der Waals surface area contributed by atoms with E-state index in [1.54, 1.807) is 22.7 Å². The highest BCUT2D eigenvalue weighted by atomic mass is 32.2. The van der Waals surface area contributed by atoms with Gasteiger partial charge in [0.2, 0.25) is 0 Å². The van der Waals surface area contributed by atoms with Crippen molar-refractivity contribution in [2.75, 3.05) is 11.5 Å². The number of sulfone groups is 1. The second-order valence-electron chi connectivity index (χ2n) is 5.90. The zero-order valence-electron chi connectivity index (χ0n) is 11.9. The van der Waals surface area contributed by atoms with Gasteiger partial charge in [0, 0.05) is 27.8 Å². The van der Waals surface area contributed by atoms with Crippen molar-refractivity contribution >= 4 is 32.5 Å². The number of nitrogens with one attached hydrogen (secondary N) is 1. The van der Waals surface area contributed by atoms with Crippen LogP contribution in [-0.2, 0) is 16.3 Å². The van der Waals surface area contributed by atoms with E-state index in [-0.39, 0.29) is 17.3 Å². The van der Waals surface area contributed by atoms with Gasteiger partial charge in [0.05, 0.1) is 11.5 Å². The van der Waals surface area contributed by atoms with E-state index in [4.69, 9.17) is 0 Å². The lowest BCUT2D eigenvalue weighted by Gasteiger charge is -2.30. The van der Waals surface area contributed by atoms with Crippen molar-refractivity contribution in [3.05, 3.63) is 44.8 Å². The first-order chi connectivity index (χ1) is 9.96. The summed E-state index contributed by atoms with van der Waals surface area (Å²) in [5.74, 6) is 0.541. The molecular weight excluding hydrogens is 322 g/mol. The summed E-state index contributed by atoms with van der Waals surface area (Å²) in [4.78, 5) is 2.60. The third kappa shape index (κ3) is 3.74. The molecule has 2 aromatic heterocycles. The van der Waals surface area contributed by atoms with E-state index in [0.29, 0.717) is 12.2 Å². The SMILES string of the molecule is CC1(NC(Cc2cccs2)c2cccs2)CCS(=O)(=O)C1. The molecule has 0 radical (unpaired) electrons. The third-order valence-corrected chi connectivity index (χ3v) is 7.69. The maximum atomic E-state index is 11.8. The molecule has 1 aliphatic rings. The summed E-state index contributed by atoms with van der Waals surface area (Å²) in [7, 11) is -2.89. The zero-order valence-corrected chi connectivity index (χ0v) is 14.4. The monoisotopic (exact) mass is 341 g/mol. The minimum absolute atomic E-state index is 0.182. The van der Waals surface area contributed by atoms with Gasteiger partial charge in [0.15, 0.2) is 9.84 Å². The van der Waals surface area contributed by atoms with Crippen LogP contribution in [0.3, 0.4) is 0 Å². The normalized spacial score (nSPS) is 26.0. The number of thiophene rings is 2. The topological polar surface area (TPSA) is 46.2 Å². The van der Waals surface area contributed by atoms with Crippen molar-refractivity contribution < 1.29 is 8.42 Å². The Kier molecular flexibility index (Phi) is 4.23. The predicted octanol–water partition coefficient (Wildman–Crippen LogP) is 3.26.